The van der Waals surface area contributed by atoms with Gasteiger partial charge in [-0.15, -0.1) is 0 Å². The molecule has 4 N–H and O–H groups in total. The van der Waals surface area contributed by atoms with Crippen molar-refractivity contribution in [3.63, 3.8) is 0 Å². The molecule has 0 aliphatic rings. The first kappa shape index (κ1) is 17.7. The van der Waals surface area contributed by atoms with Crippen molar-refractivity contribution in [1.82, 2.24) is 4.90 Å². The summed E-state index contributed by atoms with van der Waals surface area (Å²) in [5.41, 5.74) is 11.7. The number of nitrogens with zero attached hydrogens (tertiary/aromatic N) is 1. The van der Waals surface area contributed by atoms with Gasteiger partial charge < -0.3 is 16.4 Å². The van der Waals surface area contributed by atoms with E-state index in [1.807, 2.05) is 30.3 Å². The van der Waals surface area contributed by atoms with Crippen LogP contribution in [0.1, 0.15) is 45.1 Å². The second kappa shape index (κ2) is 8.80. The van der Waals surface area contributed by atoms with Crippen LogP contribution in [0.3, 0.4) is 0 Å². The third kappa shape index (κ3) is 5.14. The number of unbranched alkanes of at least 4 members (excludes halogenated alkanes) is 2. The summed E-state index contributed by atoms with van der Waals surface area (Å²) in [6.07, 6.45) is 4.46. The summed E-state index contributed by atoms with van der Waals surface area (Å²) in [5.74, 6) is -0.466. The lowest BCUT2D eigenvalue weighted by molar-refractivity contribution is -0.124. The molecule has 4 heteroatoms. The fraction of sp³-hybridized carbons (Fsp3) is 0.588. The van der Waals surface area contributed by atoms with Gasteiger partial charge in [-0.3, -0.25) is 4.79 Å². The third-order valence-electron chi connectivity index (χ3n) is 3.86. The second-order valence-electron chi connectivity index (χ2n) is 5.68. The van der Waals surface area contributed by atoms with E-state index < -0.39 is 11.4 Å². The number of rotatable bonds is 10. The van der Waals surface area contributed by atoms with E-state index in [-0.39, 0.29) is 0 Å². The molecule has 1 rings (SSSR count). The van der Waals surface area contributed by atoms with Gasteiger partial charge in [0.1, 0.15) is 5.54 Å². The zero-order chi connectivity index (χ0) is 15.7. The molecule has 1 atom stereocenters. The maximum absolute atomic E-state index is 12.0. The van der Waals surface area contributed by atoms with Crippen LogP contribution in [0, 0.1) is 0 Å². The van der Waals surface area contributed by atoms with E-state index in [4.69, 9.17) is 11.5 Å². The van der Waals surface area contributed by atoms with Crippen LogP contribution in [-0.4, -0.2) is 30.4 Å². The van der Waals surface area contributed by atoms with Crippen LogP contribution < -0.4 is 11.5 Å². The highest BCUT2D eigenvalue weighted by atomic mass is 16.1. The van der Waals surface area contributed by atoms with Crippen molar-refractivity contribution < 1.29 is 4.79 Å². The second-order valence-corrected chi connectivity index (χ2v) is 5.68. The minimum Gasteiger partial charge on any atom is -0.368 e. The summed E-state index contributed by atoms with van der Waals surface area (Å²) in [6.45, 7) is 6.72. The highest BCUT2D eigenvalue weighted by Crippen LogP contribution is 2.20. The summed E-state index contributed by atoms with van der Waals surface area (Å²) < 4.78 is 0. The average Bonchev–Trinajstić information content (AvgIpc) is 2.50. The summed E-state index contributed by atoms with van der Waals surface area (Å²) in [4.78, 5) is 14.2. The molecule has 1 unspecified atom stereocenters. The van der Waals surface area contributed by atoms with Crippen molar-refractivity contribution in [2.75, 3.05) is 19.6 Å². The predicted molar refractivity (Wildman–Crippen MR) is 87.8 cm³/mol. The van der Waals surface area contributed by atoms with Crippen LogP contribution >= 0.6 is 0 Å². The van der Waals surface area contributed by atoms with Crippen LogP contribution in [0.15, 0.2) is 30.3 Å². The first-order chi connectivity index (χ1) is 10.0. The fourth-order valence-corrected chi connectivity index (χ4v) is 2.43. The van der Waals surface area contributed by atoms with E-state index in [1.165, 1.54) is 0 Å². The first-order valence-electron chi connectivity index (χ1n) is 7.91. The average molecular weight is 291 g/mol. The Morgan fingerprint density at radius 2 is 1.62 bits per heavy atom. The Kier molecular flexibility index (Phi) is 7.40. The third-order valence-corrected chi connectivity index (χ3v) is 3.86. The maximum atomic E-state index is 12.0. The Hall–Kier alpha value is -1.39. The van der Waals surface area contributed by atoms with E-state index in [2.05, 4.69) is 18.7 Å². The van der Waals surface area contributed by atoms with Gasteiger partial charge in [0.15, 0.2) is 0 Å². The van der Waals surface area contributed by atoms with Crippen molar-refractivity contribution in [1.29, 1.82) is 0 Å². The summed E-state index contributed by atoms with van der Waals surface area (Å²) in [6, 6.07) is 9.45. The van der Waals surface area contributed by atoms with Gasteiger partial charge in [0, 0.05) is 6.54 Å². The Labute approximate surface area is 128 Å². The highest BCUT2D eigenvalue weighted by molar-refractivity contribution is 5.86. The Morgan fingerprint density at radius 1 is 1.10 bits per heavy atom. The molecular weight excluding hydrogens is 262 g/mol. The molecule has 0 spiro atoms. The topological polar surface area (TPSA) is 72.3 Å². The van der Waals surface area contributed by atoms with Crippen molar-refractivity contribution in [3.05, 3.63) is 35.9 Å². The molecule has 118 valence electrons. The smallest absolute Gasteiger partial charge is 0.243 e. The minimum absolute atomic E-state index is 0.466. The number of carbonyl (C=O) groups is 1. The zero-order valence-corrected chi connectivity index (χ0v) is 13.3. The van der Waals surface area contributed by atoms with Gasteiger partial charge in [-0.25, -0.2) is 0 Å². The predicted octanol–water partition coefficient (Wildman–Crippen LogP) is 2.23. The molecule has 0 radical (unpaired) electrons. The normalized spacial score (nSPS) is 14.1. The van der Waals surface area contributed by atoms with Gasteiger partial charge in [-0.1, -0.05) is 57.0 Å². The lowest BCUT2D eigenvalue weighted by atomic mass is 9.89. The number of carbonyl (C=O) groups excluding carboxylic acids is 1. The molecule has 21 heavy (non-hydrogen) atoms. The number of nitrogens with two attached hydrogens (primary N) is 2. The maximum Gasteiger partial charge on any atom is 0.243 e. The highest BCUT2D eigenvalue weighted by Gasteiger charge is 2.35. The fourth-order valence-electron chi connectivity index (χ4n) is 2.43. The molecular formula is C17H29N3O. The molecule has 0 aliphatic carbocycles. The van der Waals surface area contributed by atoms with E-state index in [0.717, 1.165) is 44.3 Å². The zero-order valence-electron chi connectivity index (χ0n) is 13.3. The monoisotopic (exact) mass is 291 g/mol. The van der Waals surface area contributed by atoms with E-state index in [0.29, 0.717) is 6.54 Å². The standard InChI is InChI=1S/C17H29N3O/c1-3-5-12-20(13-6-4-2)14-17(19,16(18)21)15-10-8-7-9-11-15/h7-11H,3-6,12-14,19H2,1-2H3,(H2,18,21). The quantitative estimate of drug-likeness (QED) is 0.694. The Balaban J connectivity index is 2.90. The Bertz CT molecular complexity index is 413. The molecule has 0 heterocycles. The van der Waals surface area contributed by atoms with Gasteiger partial charge >= 0.3 is 0 Å². The van der Waals surface area contributed by atoms with Gasteiger partial charge in [-0.2, -0.15) is 0 Å². The van der Waals surface area contributed by atoms with Gasteiger partial charge in [-0.05, 0) is 31.5 Å². The summed E-state index contributed by atoms with van der Waals surface area (Å²) in [5, 5.41) is 0. The van der Waals surface area contributed by atoms with Gasteiger partial charge in [0.2, 0.25) is 5.91 Å². The summed E-state index contributed by atoms with van der Waals surface area (Å²) in [7, 11) is 0. The van der Waals surface area contributed by atoms with E-state index in [1.54, 1.807) is 0 Å². The number of benzene rings is 1. The van der Waals surface area contributed by atoms with Crippen LogP contribution in [0.5, 0.6) is 0 Å². The van der Waals surface area contributed by atoms with Crippen LogP contribution in [-0.2, 0) is 10.3 Å². The molecule has 0 fully saturated rings. The van der Waals surface area contributed by atoms with Crippen LogP contribution in [0.4, 0.5) is 0 Å². The van der Waals surface area contributed by atoms with E-state index in [9.17, 15) is 4.79 Å². The summed E-state index contributed by atoms with van der Waals surface area (Å²) >= 11 is 0. The van der Waals surface area contributed by atoms with Crippen LogP contribution in [0.25, 0.3) is 0 Å². The van der Waals surface area contributed by atoms with Crippen molar-refractivity contribution >= 4 is 5.91 Å². The molecule has 1 aromatic carbocycles. The van der Waals surface area contributed by atoms with Crippen LogP contribution in [0.2, 0.25) is 0 Å². The van der Waals surface area contributed by atoms with Crippen molar-refractivity contribution in [2.24, 2.45) is 11.5 Å². The molecule has 1 amide bonds. The molecule has 0 aromatic heterocycles. The SMILES string of the molecule is CCCCN(CCCC)CC(N)(C(N)=O)c1ccccc1. The largest absolute Gasteiger partial charge is 0.368 e. The molecule has 1 aromatic rings. The lowest BCUT2D eigenvalue weighted by Crippen LogP contribution is -2.56. The molecule has 0 bridgehead atoms. The van der Waals surface area contributed by atoms with Gasteiger partial charge in [0.05, 0.1) is 0 Å². The molecule has 0 aliphatic heterocycles. The van der Waals surface area contributed by atoms with E-state index >= 15 is 0 Å². The minimum atomic E-state index is -1.12. The van der Waals surface area contributed by atoms with Gasteiger partial charge in [0.25, 0.3) is 0 Å². The first-order valence-corrected chi connectivity index (χ1v) is 7.91. The molecule has 0 saturated heterocycles. The van der Waals surface area contributed by atoms with Crippen molar-refractivity contribution in [3.8, 4) is 0 Å². The number of hydrogen-bond acceptors (Lipinski definition) is 3. The molecule has 0 saturated carbocycles. The number of hydrogen-bond donors (Lipinski definition) is 2. The number of primary amides is 1. The number of amides is 1. The lowest BCUT2D eigenvalue weighted by Gasteiger charge is -2.33. The Morgan fingerprint density at radius 3 is 2.05 bits per heavy atom. The van der Waals surface area contributed by atoms with Crippen molar-refractivity contribution in [2.45, 2.75) is 45.1 Å². The molecule has 4 nitrogen and oxygen atoms in total.